The van der Waals surface area contributed by atoms with Gasteiger partial charge in [0.25, 0.3) is 0 Å². The van der Waals surface area contributed by atoms with Crippen LogP contribution < -0.4 is 5.73 Å². The van der Waals surface area contributed by atoms with Gasteiger partial charge in [-0.2, -0.15) is 5.10 Å². The number of nitrogen functional groups attached to an aromatic ring is 1. The van der Waals surface area contributed by atoms with Crippen LogP contribution in [0.3, 0.4) is 0 Å². The molecular formula is C11H11N3O2. The predicted octanol–water partition coefficient (Wildman–Crippen LogP) is 1.46. The Kier molecular flexibility index (Phi) is 2.36. The second-order valence-corrected chi connectivity index (χ2v) is 3.47. The minimum atomic E-state index is -0.942. The predicted molar refractivity (Wildman–Crippen MR) is 59.7 cm³/mol. The summed E-state index contributed by atoms with van der Waals surface area (Å²) >= 11 is 0. The normalized spacial score (nSPS) is 10.3. The van der Waals surface area contributed by atoms with Gasteiger partial charge in [0.1, 0.15) is 0 Å². The van der Waals surface area contributed by atoms with E-state index in [2.05, 4.69) is 5.10 Å². The molecule has 2 rings (SSSR count). The third kappa shape index (κ3) is 1.75. The molecule has 0 spiro atoms. The standard InChI is InChI=1S/C11H11N3O2/c1-7-10(12)6-14(13-7)9-4-2-8(3-5-9)11(15)16/h2-6H,12H2,1H3,(H,15,16). The van der Waals surface area contributed by atoms with Gasteiger partial charge in [-0.25, -0.2) is 9.48 Å². The Hall–Kier alpha value is -2.30. The molecule has 1 heterocycles. The van der Waals surface area contributed by atoms with Crippen molar-refractivity contribution in [2.75, 3.05) is 5.73 Å². The first-order valence-electron chi connectivity index (χ1n) is 4.73. The number of carboxylic acids is 1. The first kappa shape index (κ1) is 10.2. The molecule has 5 heteroatoms. The van der Waals surface area contributed by atoms with Crippen LogP contribution in [0.15, 0.2) is 30.5 Å². The van der Waals surface area contributed by atoms with Gasteiger partial charge in [-0.15, -0.1) is 0 Å². The van der Waals surface area contributed by atoms with Crippen molar-refractivity contribution in [1.82, 2.24) is 9.78 Å². The minimum absolute atomic E-state index is 0.251. The molecule has 16 heavy (non-hydrogen) atoms. The molecule has 82 valence electrons. The highest BCUT2D eigenvalue weighted by atomic mass is 16.4. The number of anilines is 1. The van der Waals surface area contributed by atoms with Gasteiger partial charge in [0.15, 0.2) is 0 Å². The number of hydrogen-bond acceptors (Lipinski definition) is 3. The molecule has 0 radical (unpaired) electrons. The van der Waals surface area contributed by atoms with E-state index in [4.69, 9.17) is 10.8 Å². The van der Waals surface area contributed by atoms with Crippen LogP contribution in [0, 0.1) is 6.92 Å². The summed E-state index contributed by atoms with van der Waals surface area (Å²) in [6.45, 7) is 1.82. The van der Waals surface area contributed by atoms with E-state index in [9.17, 15) is 4.79 Å². The highest BCUT2D eigenvalue weighted by Crippen LogP contribution is 2.13. The number of nitrogens with zero attached hydrogens (tertiary/aromatic N) is 2. The number of aromatic carboxylic acids is 1. The molecule has 0 atom stereocenters. The third-order valence-corrected chi connectivity index (χ3v) is 2.32. The molecule has 0 unspecified atom stereocenters. The second kappa shape index (κ2) is 3.69. The molecule has 1 aromatic heterocycles. The zero-order valence-electron chi connectivity index (χ0n) is 8.71. The lowest BCUT2D eigenvalue weighted by Crippen LogP contribution is -1.98. The van der Waals surface area contributed by atoms with Crippen molar-refractivity contribution in [2.24, 2.45) is 0 Å². The molecule has 0 fully saturated rings. The van der Waals surface area contributed by atoms with E-state index < -0.39 is 5.97 Å². The lowest BCUT2D eigenvalue weighted by atomic mass is 10.2. The Morgan fingerprint density at radius 2 is 2.00 bits per heavy atom. The van der Waals surface area contributed by atoms with Gasteiger partial charge in [0.2, 0.25) is 0 Å². The van der Waals surface area contributed by atoms with Gasteiger partial charge in [0.05, 0.1) is 28.8 Å². The Balaban J connectivity index is 2.38. The van der Waals surface area contributed by atoms with Crippen LogP contribution in [-0.4, -0.2) is 20.9 Å². The molecule has 0 aliphatic heterocycles. The van der Waals surface area contributed by atoms with Crippen LogP contribution in [0.25, 0.3) is 5.69 Å². The van der Waals surface area contributed by atoms with Crippen molar-refractivity contribution in [3.05, 3.63) is 41.7 Å². The zero-order valence-corrected chi connectivity index (χ0v) is 8.71. The summed E-state index contributed by atoms with van der Waals surface area (Å²) in [5, 5.41) is 13.0. The molecule has 0 bridgehead atoms. The molecule has 1 aromatic carbocycles. The molecule has 0 amide bonds. The molecule has 0 saturated heterocycles. The maximum absolute atomic E-state index is 10.7. The van der Waals surface area contributed by atoms with Crippen molar-refractivity contribution in [2.45, 2.75) is 6.92 Å². The average Bonchev–Trinajstić information content (AvgIpc) is 2.59. The molecule has 5 nitrogen and oxygen atoms in total. The van der Waals surface area contributed by atoms with Gasteiger partial charge < -0.3 is 10.8 Å². The molecule has 0 aliphatic carbocycles. The summed E-state index contributed by atoms with van der Waals surface area (Å²) in [4.78, 5) is 10.7. The first-order chi connectivity index (χ1) is 7.58. The highest BCUT2D eigenvalue weighted by Gasteiger charge is 2.05. The monoisotopic (exact) mass is 217 g/mol. The average molecular weight is 217 g/mol. The van der Waals surface area contributed by atoms with Crippen LogP contribution >= 0.6 is 0 Å². The molecule has 0 saturated carbocycles. The van der Waals surface area contributed by atoms with Crippen LogP contribution in [0.2, 0.25) is 0 Å². The zero-order chi connectivity index (χ0) is 11.7. The maximum Gasteiger partial charge on any atom is 0.335 e. The summed E-state index contributed by atoms with van der Waals surface area (Å²) in [5.41, 5.74) is 8.08. The number of hydrogen-bond donors (Lipinski definition) is 2. The number of aryl methyl sites for hydroxylation is 1. The van der Waals surface area contributed by atoms with Crippen LogP contribution in [0.5, 0.6) is 0 Å². The van der Waals surface area contributed by atoms with Crippen molar-refractivity contribution in [3.8, 4) is 5.69 Å². The number of benzene rings is 1. The summed E-state index contributed by atoms with van der Waals surface area (Å²) in [5.74, 6) is -0.942. The quantitative estimate of drug-likeness (QED) is 0.797. The number of aromatic nitrogens is 2. The Morgan fingerprint density at radius 1 is 1.38 bits per heavy atom. The summed E-state index contributed by atoms with van der Waals surface area (Å²) < 4.78 is 1.62. The van der Waals surface area contributed by atoms with E-state index in [1.807, 2.05) is 6.92 Å². The lowest BCUT2D eigenvalue weighted by Gasteiger charge is -2.01. The maximum atomic E-state index is 10.7. The van der Waals surface area contributed by atoms with Crippen molar-refractivity contribution in [3.63, 3.8) is 0 Å². The Morgan fingerprint density at radius 3 is 2.44 bits per heavy atom. The van der Waals surface area contributed by atoms with E-state index in [0.29, 0.717) is 5.69 Å². The topological polar surface area (TPSA) is 81.1 Å². The van der Waals surface area contributed by atoms with Crippen LogP contribution in [0.4, 0.5) is 5.69 Å². The van der Waals surface area contributed by atoms with E-state index in [1.54, 1.807) is 23.0 Å². The largest absolute Gasteiger partial charge is 0.478 e. The summed E-state index contributed by atoms with van der Waals surface area (Å²) in [6.07, 6.45) is 1.70. The van der Waals surface area contributed by atoms with Gasteiger partial charge in [0, 0.05) is 0 Å². The SMILES string of the molecule is Cc1nn(-c2ccc(C(=O)O)cc2)cc1N. The molecular weight excluding hydrogens is 206 g/mol. The number of nitrogens with two attached hydrogens (primary N) is 1. The van der Waals surface area contributed by atoms with Gasteiger partial charge >= 0.3 is 5.97 Å². The third-order valence-electron chi connectivity index (χ3n) is 2.32. The fraction of sp³-hybridized carbons (Fsp3) is 0.0909. The Bertz CT molecular complexity index is 509. The molecule has 2 aromatic rings. The van der Waals surface area contributed by atoms with Crippen LogP contribution in [-0.2, 0) is 0 Å². The van der Waals surface area contributed by atoms with Crippen molar-refractivity contribution >= 4 is 11.7 Å². The molecule has 3 N–H and O–H groups in total. The van der Waals surface area contributed by atoms with Crippen molar-refractivity contribution in [1.29, 1.82) is 0 Å². The Labute approximate surface area is 92.1 Å². The summed E-state index contributed by atoms with van der Waals surface area (Å²) in [6, 6.07) is 6.44. The van der Waals surface area contributed by atoms with E-state index in [-0.39, 0.29) is 5.56 Å². The first-order valence-corrected chi connectivity index (χ1v) is 4.73. The fourth-order valence-corrected chi connectivity index (χ4v) is 1.36. The number of carbonyl (C=O) groups is 1. The highest BCUT2D eigenvalue weighted by molar-refractivity contribution is 5.87. The number of carboxylic acid groups (broad SMARTS) is 1. The van der Waals surface area contributed by atoms with Gasteiger partial charge in [-0.05, 0) is 31.2 Å². The fourth-order valence-electron chi connectivity index (χ4n) is 1.36. The van der Waals surface area contributed by atoms with E-state index >= 15 is 0 Å². The number of rotatable bonds is 2. The minimum Gasteiger partial charge on any atom is -0.478 e. The van der Waals surface area contributed by atoms with Gasteiger partial charge in [-0.1, -0.05) is 0 Å². The van der Waals surface area contributed by atoms with E-state index in [0.717, 1.165) is 11.4 Å². The second-order valence-electron chi connectivity index (χ2n) is 3.47. The lowest BCUT2D eigenvalue weighted by molar-refractivity contribution is 0.0697. The van der Waals surface area contributed by atoms with Crippen LogP contribution in [0.1, 0.15) is 16.1 Å². The summed E-state index contributed by atoms with van der Waals surface area (Å²) in [7, 11) is 0. The van der Waals surface area contributed by atoms with E-state index in [1.165, 1.54) is 12.1 Å². The smallest absolute Gasteiger partial charge is 0.335 e. The van der Waals surface area contributed by atoms with Gasteiger partial charge in [-0.3, -0.25) is 0 Å². The molecule has 0 aliphatic rings. The van der Waals surface area contributed by atoms with Crippen molar-refractivity contribution < 1.29 is 9.90 Å².